The van der Waals surface area contributed by atoms with Gasteiger partial charge in [0.2, 0.25) is 5.79 Å². The molecule has 0 N–H and O–H groups in total. The van der Waals surface area contributed by atoms with E-state index in [0.717, 1.165) is 11.1 Å². The molecule has 1 aliphatic rings. The predicted molar refractivity (Wildman–Crippen MR) is 125 cm³/mol. The van der Waals surface area contributed by atoms with Crippen LogP contribution in [-0.4, -0.2) is 25.2 Å². The van der Waals surface area contributed by atoms with Gasteiger partial charge in [0.05, 0.1) is 5.56 Å². The van der Waals surface area contributed by atoms with Crippen LogP contribution in [0.4, 0.5) is 0 Å². The Kier molecular flexibility index (Phi) is 5.88. The van der Waals surface area contributed by atoms with Crippen LogP contribution >= 0.6 is 0 Å². The zero-order valence-electron chi connectivity index (χ0n) is 18.8. The van der Waals surface area contributed by atoms with Gasteiger partial charge in [0.15, 0.2) is 11.4 Å². The molecule has 0 amide bonds. The number of rotatable bonds is 8. The van der Waals surface area contributed by atoms with Gasteiger partial charge in [-0.3, -0.25) is 4.79 Å². The minimum atomic E-state index is -1.26. The standard InChI is InChI=1S/C27H23NO6/c1-30-27(31-2)14-13-21(29)23-20(27)15-22-24(25(23)32-16-18-9-5-3-6-10-18)26(28-34-22)33-17-19-11-7-4-8-12-19/h3-15H,16-17H2,1-2H3. The van der Waals surface area contributed by atoms with Gasteiger partial charge in [-0.25, -0.2) is 0 Å². The van der Waals surface area contributed by atoms with Crippen molar-refractivity contribution in [3.05, 3.63) is 101 Å². The summed E-state index contributed by atoms with van der Waals surface area (Å²) < 4.78 is 29.2. The van der Waals surface area contributed by atoms with E-state index < -0.39 is 5.79 Å². The monoisotopic (exact) mass is 457 g/mol. The highest BCUT2D eigenvalue weighted by Crippen LogP contribution is 2.46. The Morgan fingerprint density at radius 3 is 2.12 bits per heavy atom. The molecule has 4 aromatic rings. The van der Waals surface area contributed by atoms with Crippen LogP contribution in [0.2, 0.25) is 0 Å². The predicted octanol–water partition coefficient (Wildman–Crippen LogP) is 5.18. The van der Waals surface area contributed by atoms with Gasteiger partial charge in [-0.05, 0) is 34.5 Å². The normalized spacial score (nSPS) is 14.2. The zero-order chi connectivity index (χ0) is 23.5. The third kappa shape index (κ3) is 3.85. The van der Waals surface area contributed by atoms with E-state index in [4.69, 9.17) is 23.5 Å². The van der Waals surface area contributed by atoms with Gasteiger partial charge in [-0.15, -0.1) is 0 Å². The summed E-state index contributed by atoms with van der Waals surface area (Å²) in [5.41, 5.74) is 3.11. The molecule has 5 rings (SSSR count). The molecule has 0 aliphatic heterocycles. The van der Waals surface area contributed by atoms with Crippen molar-refractivity contribution in [2.24, 2.45) is 0 Å². The summed E-state index contributed by atoms with van der Waals surface area (Å²) in [6.45, 7) is 0.519. The minimum Gasteiger partial charge on any atom is -0.487 e. The fourth-order valence-corrected chi connectivity index (χ4v) is 4.06. The maximum absolute atomic E-state index is 13.1. The molecule has 34 heavy (non-hydrogen) atoms. The van der Waals surface area contributed by atoms with Crippen LogP contribution in [0.3, 0.4) is 0 Å². The Bertz CT molecular complexity index is 1340. The van der Waals surface area contributed by atoms with Gasteiger partial charge >= 0.3 is 0 Å². The van der Waals surface area contributed by atoms with Crippen LogP contribution in [0.15, 0.2) is 83.4 Å². The van der Waals surface area contributed by atoms with E-state index in [1.807, 2.05) is 60.7 Å². The second-order valence-electron chi connectivity index (χ2n) is 7.81. The minimum absolute atomic E-state index is 0.236. The maximum Gasteiger partial charge on any atom is 0.266 e. The van der Waals surface area contributed by atoms with Crippen molar-refractivity contribution in [3.8, 4) is 11.6 Å². The number of methoxy groups -OCH3 is 2. The van der Waals surface area contributed by atoms with Crippen molar-refractivity contribution in [1.82, 2.24) is 5.16 Å². The first-order valence-electron chi connectivity index (χ1n) is 10.8. The van der Waals surface area contributed by atoms with Crippen LogP contribution in [0, 0.1) is 0 Å². The van der Waals surface area contributed by atoms with Crippen molar-refractivity contribution in [2.75, 3.05) is 14.2 Å². The smallest absolute Gasteiger partial charge is 0.266 e. The fraction of sp³-hybridized carbons (Fsp3) is 0.185. The first-order valence-corrected chi connectivity index (χ1v) is 10.8. The second-order valence-corrected chi connectivity index (χ2v) is 7.81. The maximum atomic E-state index is 13.1. The molecule has 0 unspecified atom stereocenters. The number of hydrogen-bond acceptors (Lipinski definition) is 7. The molecule has 0 fully saturated rings. The second kappa shape index (κ2) is 9.13. The molecule has 7 nitrogen and oxygen atoms in total. The number of aromatic nitrogens is 1. The Morgan fingerprint density at radius 2 is 1.50 bits per heavy atom. The molecular formula is C27H23NO6. The molecule has 0 bridgehead atoms. The quantitative estimate of drug-likeness (QED) is 0.337. The molecule has 0 saturated carbocycles. The SMILES string of the molecule is COC1(OC)C=CC(=O)c2c1cc1onc(OCc3ccccc3)c1c2OCc1ccccc1. The summed E-state index contributed by atoms with van der Waals surface area (Å²) in [5.74, 6) is -0.943. The molecule has 1 aliphatic carbocycles. The molecule has 1 heterocycles. The van der Waals surface area contributed by atoms with Crippen molar-refractivity contribution in [2.45, 2.75) is 19.0 Å². The van der Waals surface area contributed by atoms with Crippen molar-refractivity contribution in [3.63, 3.8) is 0 Å². The Labute approximate surface area is 196 Å². The van der Waals surface area contributed by atoms with Gasteiger partial charge in [0.25, 0.3) is 5.88 Å². The molecule has 0 atom stereocenters. The number of ether oxygens (including phenoxy) is 4. The summed E-state index contributed by atoms with van der Waals surface area (Å²) in [6.07, 6.45) is 3.00. The Hall–Kier alpha value is -3.94. The molecular weight excluding hydrogens is 434 g/mol. The zero-order valence-corrected chi connectivity index (χ0v) is 18.8. The summed E-state index contributed by atoms with van der Waals surface area (Å²) in [4.78, 5) is 13.1. The van der Waals surface area contributed by atoms with Gasteiger partial charge in [0, 0.05) is 19.8 Å². The number of fused-ring (bicyclic) bond motifs is 2. The number of benzene rings is 3. The number of ketones is 1. The van der Waals surface area contributed by atoms with E-state index in [2.05, 4.69) is 5.16 Å². The van der Waals surface area contributed by atoms with Gasteiger partial charge in [-0.1, -0.05) is 60.7 Å². The Balaban J connectivity index is 1.64. The van der Waals surface area contributed by atoms with E-state index in [-0.39, 0.29) is 24.9 Å². The Morgan fingerprint density at radius 1 is 0.882 bits per heavy atom. The van der Waals surface area contributed by atoms with Crippen LogP contribution in [-0.2, 0) is 28.5 Å². The number of allylic oxidation sites excluding steroid dienone is 1. The highest BCUT2D eigenvalue weighted by molar-refractivity contribution is 6.13. The summed E-state index contributed by atoms with van der Waals surface area (Å²) in [5, 5.41) is 4.61. The van der Waals surface area contributed by atoms with Gasteiger partial charge < -0.3 is 23.5 Å². The van der Waals surface area contributed by atoms with Crippen molar-refractivity contribution in [1.29, 1.82) is 0 Å². The molecule has 3 aromatic carbocycles. The first-order chi connectivity index (χ1) is 16.6. The molecule has 172 valence electrons. The average molecular weight is 457 g/mol. The van der Waals surface area contributed by atoms with Gasteiger partial charge in [-0.2, -0.15) is 0 Å². The molecule has 0 spiro atoms. The topological polar surface area (TPSA) is 80.0 Å². The average Bonchev–Trinajstić information content (AvgIpc) is 3.30. The lowest BCUT2D eigenvalue weighted by Crippen LogP contribution is -2.33. The van der Waals surface area contributed by atoms with Crippen molar-refractivity contribution < 1.29 is 28.3 Å². The van der Waals surface area contributed by atoms with Crippen LogP contribution < -0.4 is 9.47 Å². The highest BCUT2D eigenvalue weighted by Gasteiger charge is 2.40. The van der Waals surface area contributed by atoms with E-state index in [0.29, 0.717) is 27.8 Å². The lowest BCUT2D eigenvalue weighted by Gasteiger charge is -2.32. The van der Waals surface area contributed by atoms with E-state index in [9.17, 15) is 4.79 Å². The number of carbonyl (C=O) groups excluding carboxylic acids is 1. The van der Waals surface area contributed by atoms with Crippen LogP contribution in [0.25, 0.3) is 11.0 Å². The van der Waals surface area contributed by atoms with Crippen LogP contribution in [0.5, 0.6) is 11.6 Å². The number of carbonyl (C=O) groups is 1. The van der Waals surface area contributed by atoms with E-state index in [1.54, 1.807) is 12.1 Å². The van der Waals surface area contributed by atoms with E-state index in [1.165, 1.54) is 20.3 Å². The molecule has 0 radical (unpaired) electrons. The molecule has 1 aromatic heterocycles. The first kappa shape index (κ1) is 21.9. The molecule has 0 saturated heterocycles. The molecule has 7 heteroatoms. The van der Waals surface area contributed by atoms with Crippen LogP contribution in [0.1, 0.15) is 27.0 Å². The fourth-order valence-electron chi connectivity index (χ4n) is 4.06. The van der Waals surface area contributed by atoms with Gasteiger partial charge in [0.1, 0.15) is 24.3 Å². The lowest BCUT2D eigenvalue weighted by atomic mass is 9.88. The number of nitrogens with zero attached hydrogens (tertiary/aromatic N) is 1. The number of hydrogen-bond donors (Lipinski definition) is 0. The largest absolute Gasteiger partial charge is 0.487 e. The van der Waals surface area contributed by atoms with E-state index >= 15 is 0 Å². The summed E-state index contributed by atoms with van der Waals surface area (Å²) >= 11 is 0. The van der Waals surface area contributed by atoms with Crippen molar-refractivity contribution >= 4 is 16.8 Å². The summed E-state index contributed by atoms with van der Waals surface area (Å²) in [7, 11) is 3.02. The lowest BCUT2D eigenvalue weighted by molar-refractivity contribution is -0.178. The summed E-state index contributed by atoms with van der Waals surface area (Å²) in [6, 6.07) is 21.1. The third-order valence-corrected chi connectivity index (χ3v) is 5.81. The third-order valence-electron chi connectivity index (χ3n) is 5.81. The highest BCUT2D eigenvalue weighted by atomic mass is 16.7.